The maximum Gasteiger partial charge on any atom is 0.258 e. The Morgan fingerprint density at radius 1 is 1.19 bits per heavy atom. The predicted molar refractivity (Wildman–Crippen MR) is 122 cm³/mol. The lowest BCUT2D eigenvalue weighted by molar-refractivity contribution is 0.0738. The van der Waals surface area contributed by atoms with Crippen molar-refractivity contribution in [2.45, 2.75) is 26.8 Å². The minimum atomic E-state index is -0.286. The topological polar surface area (TPSA) is 84.5 Å². The molecule has 1 aromatic heterocycles. The van der Waals surface area contributed by atoms with Crippen LogP contribution in [0.2, 0.25) is 10.0 Å². The number of hydrogen-bond donors (Lipinski definition) is 1. The van der Waals surface area contributed by atoms with E-state index in [1.54, 1.807) is 35.2 Å². The fourth-order valence-corrected chi connectivity index (χ4v) is 3.68. The van der Waals surface area contributed by atoms with Crippen molar-refractivity contribution in [3.8, 4) is 11.5 Å². The Hall–Kier alpha value is -2.77. The monoisotopic (exact) mass is 463 g/mol. The van der Waals surface area contributed by atoms with Gasteiger partial charge in [0, 0.05) is 17.1 Å². The Morgan fingerprint density at radius 3 is 2.65 bits per heavy atom. The number of rotatable bonds is 8. The number of benzene rings is 2. The smallest absolute Gasteiger partial charge is 0.258 e. The standard InChI is InChI=1S/C22H23Cl2N3O4/c1-4-8-27(12-19-25-17-11-14(23)6-7-15(17)21(28)26-19)22(29)13-9-16(24)20(31-5-2)18(10-13)30-3/h6-7,9-11H,4-5,8,12H2,1-3H3,(H,25,26,28). The van der Waals surface area contributed by atoms with Crippen molar-refractivity contribution in [2.75, 3.05) is 20.3 Å². The lowest BCUT2D eigenvalue weighted by Crippen LogP contribution is -2.33. The van der Waals surface area contributed by atoms with Gasteiger partial charge in [0.05, 0.1) is 36.2 Å². The molecule has 9 heteroatoms. The first-order valence-electron chi connectivity index (χ1n) is 9.86. The van der Waals surface area contributed by atoms with Gasteiger partial charge in [-0.15, -0.1) is 0 Å². The number of H-pyrrole nitrogens is 1. The first-order valence-corrected chi connectivity index (χ1v) is 10.6. The molecule has 164 valence electrons. The summed E-state index contributed by atoms with van der Waals surface area (Å²) in [5.74, 6) is 0.869. The van der Waals surface area contributed by atoms with E-state index in [1.807, 2.05) is 13.8 Å². The molecule has 0 spiro atoms. The van der Waals surface area contributed by atoms with Gasteiger partial charge < -0.3 is 19.4 Å². The van der Waals surface area contributed by atoms with Crippen LogP contribution < -0.4 is 15.0 Å². The number of ether oxygens (including phenoxy) is 2. The van der Waals surface area contributed by atoms with Crippen LogP contribution in [0.1, 0.15) is 36.5 Å². The molecule has 1 N–H and O–H groups in total. The zero-order chi connectivity index (χ0) is 22.5. The van der Waals surface area contributed by atoms with E-state index in [0.29, 0.717) is 52.0 Å². The number of hydrogen-bond acceptors (Lipinski definition) is 5. The summed E-state index contributed by atoms with van der Waals surface area (Å²) in [7, 11) is 1.49. The van der Waals surface area contributed by atoms with E-state index in [9.17, 15) is 9.59 Å². The number of carbonyl (C=O) groups excluding carboxylic acids is 1. The number of methoxy groups -OCH3 is 1. The SMILES string of the molecule is CCCN(Cc1nc2cc(Cl)ccc2c(=O)[nH]1)C(=O)c1cc(Cl)c(OCC)c(OC)c1. The zero-order valence-electron chi connectivity index (χ0n) is 17.5. The maximum atomic E-state index is 13.3. The van der Waals surface area contributed by atoms with Crippen LogP contribution in [0.25, 0.3) is 10.9 Å². The second kappa shape index (κ2) is 10.0. The predicted octanol–water partition coefficient (Wildman–Crippen LogP) is 4.69. The summed E-state index contributed by atoms with van der Waals surface area (Å²) in [5.41, 5.74) is 0.539. The van der Waals surface area contributed by atoms with Crippen LogP contribution in [-0.4, -0.2) is 41.0 Å². The fraction of sp³-hybridized carbons (Fsp3) is 0.318. The molecule has 0 fully saturated rings. The quantitative estimate of drug-likeness (QED) is 0.523. The van der Waals surface area contributed by atoms with Gasteiger partial charge in [-0.2, -0.15) is 0 Å². The number of carbonyl (C=O) groups is 1. The van der Waals surface area contributed by atoms with Crippen molar-refractivity contribution in [1.82, 2.24) is 14.9 Å². The van der Waals surface area contributed by atoms with Gasteiger partial charge in [-0.3, -0.25) is 9.59 Å². The number of halogens is 2. The molecule has 0 saturated heterocycles. The van der Waals surface area contributed by atoms with Crippen molar-refractivity contribution in [1.29, 1.82) is 0 Å². The Balaban J connectivity index is 1.95. The number of aromatic amines is 1. The molecule has 0 unspecified atom stereocenters. The highest BCUT2D eigenvalue weighted by Gasteiger charge is 2.21. The number of nitrogens with one attached hydrogen (secondary N) is 1. The molecule has 0 bridgehead atoms. The van der Waals surface area contributed by atoms with Crippen LogP contribution >= 0.6 is 23.2 Å². The summed E-state index contributed by atoms with van der Waals surface area (Å²) >= 11 is 12.4. The van der Waals surface area contributed by atoms with Gasteiger partial charge >= 0.3 is 0 Å². The second-order valence-corrected chi connectivity index (χ2v) is 7.67. The van der Waals surface area contributed by atoms with E-state index < -0.39 is 0 Å². The number of amides is 1. The van der Waals surface area contributed by atoms with E-state index >= 15 is 0 Å². The largest absolute Gasteiger partial charge is 0.493 e. The van der Waals surface area contributed by atoms with E-state index in [4.69, 9.17) is 32.7 Å². The summed E-state index contributed by atoms with van der Waals surface area (Å²) < 4.78 is 10.9. The van der Waals surface area contributed by atoms with Gasteiger partial charge in [-0.1, -0.05) is 30.1 Å². The number of aromatic nitrogens is 2. The van der Waals surface area contributed by atoms with E-state index in [0.717, 1.165) is 6.42 Å². The Labute approximate surface area is 189 Å². The maximum absolute atomic E-state index is 13.3. The van der Waals surface area contributed by atoms with E-state index in [1.165, 1.54) is 7.11 Å². The lowest BCUT2D eigenvalue weighted by atomic mass is 10.1. The van der Waals surface area contributed by atoms with Crippen LogP contribution in [-0.2, 0) is 6.54 Å². The highest BCUT2D eigenvalue weighted by Crippen LogP contribution is 2.36. The molecule has 0 aliphatic carbocycles. The van der Waals surface area contributed by atoms with Crippen LogP contribution in [0.3, 0.4) is 0 Å². The third-order valence-corrected chi connectivity index (χ3v) is 5.12. The van der Waals surface area contributed by atoms with Crippen molar-refractivity contribution in [3.63, 3.8) is 0 Å². The van der Waals surface area contributed by atoms with Crippen molar-refractivity contribution in [3.05, 3.63) is 62.1 Å². The summed E-state index contributed by atoms with van der Waals surface area (Å²) in [6.45, 7) is 4.79. The normalized spacial score (nSPS) is 10.9. The molecule has 7 nitrogen and oxygen atoms in total. The van der Waals surface area contributed by atoms with Gasteiger partial charge in [0.2, 0.25) is 0 Å². The summed E-state index contributed by atoms with van der Waals surface area (Å²) in [6, 6.07) is 8.03. The van der Waals surface area contributed by atoms with Crippen molar-refractivity contribution in [2.24, 2.45) is 0 Å². The molecular formula is C22H23Cl2N3O4. The van der Waals surface area contributed by atoms with Crippen molar-refractivity contribution < 1.29 is 14.3 Å². The van der Waals surface area contributed by atoms with E-state index in [2.05, 4.69) is 9.97 Å². The van der Waals surface area contributed by atoms with Crippen LogP contribution in [0.15, 0.2) is 35.1 Å². The molecule has 1 heterocycles. The number of fused-ring (bicyclic) bond motifs is 1. The Bertz CT molecular complexity index is 1160. The molecule has 3 rings (SSSR count). The second-order valence-electron chi connectivity index (χ2n) is 6.82. The molecule has 0 aliphatic heterocycles. The minimum absolute atomic E-state index is 0.123. The number of nitrogens with zero attached hydrogens (tertiary/aromatic N) is 2. The minimum Gasteiger partial charge on any atom is -0.493 e. The molecule has 1 amide bonds. The highest BCUT2D eigenvalue weighted by molar-refractivity contribution is 6.32. The third kappa shape index (κ3) is 5.11. The van der Waals surface area contributed by atoms with Crippen LogP contribution in [0.5, 0.6) is 11.5 Å². The van der Waals surface area contributed by atoms with Crippen LogP contribution in [0.4, 0.5) is 0 Å². The Kier molecular flexibility index (Phi) is 7.41. The molecule has 31 heavy (non-hydrogen) atoms. The van der Waals surface area contributed by atoms with Gasteiger partial charge in [-0.05, 0) is 43.7 Å². The highest BCUT2D eigenvalue weighted by atomic mass is 35.5. The van der Waals surface area contributed by atoms with E-state index in [-0.39, 0.29) is 23.0 Å². The first kappa shape index (κ1) is 22.9. The lowest BCUT2D eigenvalue weighted by Gasteiger charge is -2.22. The molecular weight excluding hydrogens is 441 g/mol. The fourth-order valence-electron chi connectivity index (χ4n) is 3.25. The summed E-state index contributed by atoms with van der Waals surface area (Å²) in [6.07, 6.45) is 0.720. The molecule has 0 atom stereocenters. The third-order valence-electron chi connectivity index (χ3n) is 4.60. The average molecular weight is 464 g/mol. The molecule has 0 saturated carbocycles. The first-order chi connectivity index (χ1) is 14.9. The molecule has 0 aliphatic rings. The van der Waals surface area contributed by atoms with Gasteiger partial charge in [0.15, 0.2) is 11.5 Å². The van der Waals surface area contributed by atoms with Gasteiger partial charge in [-0.25, -0.2) is 4.98 Å². The molecule has 2 aromatic carbocycles. The zero-order valence-corrected chi connectivity index (χ0v) is 19.0. The van der Waals surface area contributed by atoms with Crippen LogP contribution in [0, 0.1) is 0 Å². The average Bonchev–Trinajstić information content (AvgIpc) is 2.74. The van der Waals surface area contributed by atoms with Crippen molar-refractivity contribution >= 4 is 40.0 Å². The summed E-state index contributed by atoms with van der Waals surface area (Å²) in [5, 5.41) is 1.20. The van der Waals surface area contributed by atoms with Gasteiger partial charge in [0.25, 0.3) is 11.5 Å². The molecule has 3 aromatic rings. The summed E-state index contributed by atoms with van der Waals surface area (Å²) in [4.78, 5) is 34.5. The molecule has 0 radical (unpaired) electrons. The Morgan fingerprint density at radius 2 is 1.97 bits per heavy atom. The van der Waals surface area contributed by atoms with Gasteiger partial charge in [0.1, 0.15) is 5.82 Å².